The van der Waals surface area contributed by atoms with Gasteiger partial charge >= 0.3 is 5.97 Å². The minimum absolute atomic E-state index is 0.0743. The summed E-state index contributed by atoms with van der Waals surface area (Å²) in [5, 5.41) is 9.74. The number of carbonyl (C=O) groups is 1. The molecule has 0 fully saturated rings. The van der Waals surface area contributed by atoms with Gasteiger partial charge in [-0.1, -0.05) is 11.6 Å². The summed E-state index contributed by atoms with van der Waals surface area (Å²) >= 11 is 0. The van der Waals surface area contributed by atoms with Gasteiger partial charge in [-0.05, 0) is 6.42 Å². The first-order valence-electron chi connectivity index (χ1n) is 5.20. The number of esters is 1. The Balaban J connectivity index is 2.26. The zero-order chi connectivity index (χ0) is 11.7. The van der Waals surface area contributed by atoms with Gasteiger partial charge in [0.1, 0.15) is 0 Å². The Morgan fingerprint density at radius 3 is 3.12 bits per heavy atom. The Kier molecular flexibility index (Phi) is 2.98. The van der Waals surface area contributed by atoms with Crippen LogP contribution in [0.5, 0.6) is 0 Å². The lowest BCUT2D eigenvalue weighted by molar-refractivity contribution is -0.141. The maximum atomic E-state index is 11.5. The molecule has 0 radical (unpaired) electrons. The largest absolute Gasteiger partial charge is 0.472 e. The van der Waals surface area contributed by atoms with Crippen LogP contribution in [-0.4, -0.2) is 31.0 Å². The molecule has 16 heavy (non-hydrogen) atoms. The molecule has 1 aliphatic carbocycles. The zero-order valence-electron chi connectivity index (χ0n) is 9.05. The van der Waals surface area contributed by atoms with Crippen molar-refractivity contribution in [2.75, 3.05) is 13.7 Å². The van der Waals surface area contributed by atoms with Crippen molar-refractivity contribution >= 4 is 5.97 Å². The smallest absolute Gasteiger partial charge is 0.337 e. The summed E-state index contributed by atoms with van der Waals surface area (Å²) in [5.74, 6) is -0.701. The number of fused-ring (bicyclic) bond motifs is 1. The number of nitrogens with two attached hydrogens (primary N) is 1. The van der Waals surface area contributed by atoms with Crippen molar-refractivity contribution in [2.24, 2.45) is 17.6 Å². The number of ether oxygens (including phenoxy) is 2. The van der Waals surface area contributed by atoms with Crippen LogP contribution in [0.15, 0.2) is 23.5 Å². The highest BCUT2D eigenvalue weighted by atomic mass is 16.6. The van der Waals surface area contributed by atoms with Crippen molar-refractivity contribution in [3.8, 4) is 0 Å². The van der Waals surface area contributed by atoms with Crippen LogP contribution in [0.3, 0.4) is 0 Å². The van der Waals surface area contributed by atoms with Gasteiger partial charge in [0.05, 0.1) is 24.9 Å². The van der Waals surface area contributed by atoms with Crippen LogP contribution in [0.1, 0.15) is 6.42 Å². The number of carbonyl (C=O) groups excluding carboxylic acids is 1. The maximum Gasteiger partial charge on any atom is 0.337 e. The van der Waals surface area contributed by atoms with Crippen molar-refractivity contribution in [1.29, 1.82) is 0 Å². The SMILES string of the molecule is COC(=O)C1=COC(O)C2C(CN)=CCC12. The van der Waals surface area contributed by atoms with Crippen molar-refractivity contribution in [2.45, 2.75) is 12.7 Å². The minimum atomic E-state index is -0.921. The van der Waals surface area contributed by atoms with Gasteiger partial charge in [0.15, 0.2) is 0 Å². The van der Waals surface area contributed by atoms with E-state index in [1.807, 2.05) is 6.08 Å². The molecule has 0 saturated carbocycles. The van der Waals surface area contributed by atoms with Crippen molar-refractivity contribution < 1.29 is 19.4 Å². The molecule has 1 heterocycles. The third-order valence-electron chi connectivity index (χ3n) is 3.19. The normalized spacial score (nSPS) is 32.3. The van der Waals surface area contributed by atoms with E-state index < -0.39 is 12.3 Å². The van der Waals surface area contributed by atoms with E-state index in [9.17, 15) is 9.90 Å². The molecule has 5 heteroatoms. The molecule has 0 aromatic heterocycles. The summed E-state index contributed by atoms with van der Waals surface area (Å²) in [7, 11) is 1.33. The number of allylic oxidation sites excluding steroid dienone is 1. The molecule has 0 aromatic rings. The van der Waals surface area contributed by atoms with Crippen molar-refractivity contribution in [1.82, 2.24) is 0 Å². The predicted molar refractivity (Wildman–Crippen MR) is 55.9 cm³/mol. The highest BCUT2D eigenvalue weighted by Gasteiger charge is 2.42. The van der Waals surface area contributed by atoms with Crippen LogP contribution in [-0.2, 0) is 14.3 Å². The molecule has 2 aliphatic rings. The number of aliphatic hydroxyl groups excluding tert-OH is 1. The average molecular weight is 225 g/mol. The Labute approximate surface area is 93.5 Å². The Morgan fingerprint density at radius 1 is 1.75 bits per heavy atom. The highest BCUT2D eigenvalue weighted by molar-refractivity contribution is 5.89. The van der Waals surface area contributed by atoms with Crippen LogP contribution in [0, 0.1) is 11.8 Å². The fourth-order valence-electron chi connectivity index (χ4n) is 2.37. The summed E-state index contributed by atoms with van der Waals surface area (Å²) in [5.41, 5.74) is 6.99. The van der Waals surface area contributed by atoms with Crippen molar-refractivity contribution in [3.05, 3.63) is 23.5 Å². The van der Waals surface area contributed by atoms with E-state index in [2.05, 4.69) is 4.74 Å². The number of hydrogen-bond acceptors (Lipinski definition) is 5. The standard InChI is InChI=1S/C11H15NO4/c1-15-10(13)8-5-16-11(14)9-6(4-12)2-3-7(8)9/h2,5,7,9,11,14H,3-4,12H2,1H3. The van der Waals surface area contributed by atoms with Gasteiger partial charge in [-0.2, -0.15) is 0 Å². The molecule has 3 N–H and O–H groups in total. The number of methoxy groups -OCH3 is 1. The Bertz CT molecular complexity index is 361. The molecule has 88 valence electrons. The summed E-state index contributed by atoms with van der Waals surface area (Å²) in [6.45, 7) is 0.371. The van der Waals surface area contributed by atoms with Gasteiger partial charge in [0, 0.05) is 12.5 Å². The van der Waals surface area contributed by atoms with E-state index in [0.29, 0.717) is 18.5 Å². The first-order chi connectivity index (χ1) is 7.69. The van der Waals surface area contributed by atoms with Crippen LogP contribution in [0.25, 0.3) is 0 Å². The van der Waals surface area contributed by atoms with Crippen LogP contribution < -0.4 is 5.73 Å². The third kappa shape index (κ3) is 1.62. The van der Waals surface area contributed by atoms with Gasteiger partial charge in [-0.25, -0.2) is 4.79 Å². The molecule has 0 spiro atoms. The summed E-state index contributed by atoms with van der Waals surface area (Å²) in [6, 6.07) is 0. The summed E-state index contributed by atoms with van der Waals surface area (Å²) in [6.07, 6.45) is 3.03. The average Bonchev–Trinajstić information content (AvgIpc) is 2.73. The summed E-state index contributed by atoms with van der Waals surface area (Å²) in [4.78, 5) is 11.5. The maximum absolute atomic E-state index is 11.5. The topological polar surface area (TPSA) is 81.8 Å². The monoisotopic (exact) mass is 225 g/mol. The van der Waals surface area contributed by atoms with Gasteiger partial charge in [0.25, 0.3) is 0 Å². The second kappa shape index (κ2) is 4.27. The van der Waals surface area contributed by atoms with E-state index in [0.717, 1.165) is 5.57 Å². The third-order valence-corrected chi connectivity index (χ3v) is 3.19. The lowest BCUT2D eigenvalue weighted by Gasteiger charge is -2.31. The van der Waals surface area contributed by atoms with E-state index in [-0.39, 0.29) is 11.8 Å². The zero-order valence-corrected chi connectivity index (χ0v) is 9.05. The molecule has 2 rings (SSSR count). The molecule has 0 saturated heterocycles. The number of aliphatic hydroxyl groups is 1. The highest BCUT2D eigenvalue weighted by Crippen LogP contribution is 2.42. The predicted octanol–water partition coefficient (Wildman–Crippen LogP) is -0.0869. The molecule has 0 amide bonds. The van der Waals surface area contributed by atoms with Gasteiger partial charge in [-0.15, -0.1) is 0 Å². The fourth-order valence-corrected chi connectivity index (χ4v) is 2.37. The van der Waals surface area contributed by atoms with Gasteiger partial charge in [-0.3, -0.25) is 0 Å². The lowest BCUT2D eigenvalue weighted by Crippen LogP contribution is -2.36. The van der Waals surface area contributed by atoms with Crippen LogP contribution in [0.2, 0.25) is 0 Å². The fraction of sp³-hybridized carbons (Fsp3) is 0.545. The Hall–Kier alpha value is -1.33. The lowest BCUT2D eigenvalue weighted by atomic mass is 9.83. The molecule has 1 aliphatic heterocycles. The van der Waals surface area contributed by atoms with E-state index in [1.54, 1.807) is 0 Å². The second-order valence-corrected chi connectivity index (χ2v) is 3.94. The molecular weight excluding hydrogens is 210 g/mol. The van der Waals surface area contributed by atoms with Crippen LogP contribution in [0.4, 0.5) is 0 Å². The molecular formula is C11H15NO4. The van der Waals surface area contributed by atoms with E-state index in [4.69, 9.17) is 10.5 Å². The molecule has 3 unspecified atom stereocenters. The minimum Gasteiger partial charge on any atom is -0.472 e. The van der Waals surface area contributed by atoms with Gasteiger partial charge in [0.2, 0.25) is 6.29 Å². The molecule has 0 bridgehead atoms. The second-order valence-electron chi connectivity index (χ2n) is 3.94. The van der Waals surface area contributed by atoms with Crippen molar-refractivity contribution in [3.63, 3.8) is 0 Å². The number of hydrogen-bond donors (Lipinski definition) is 2. The molecule has 5 nitrogen and oxygen atoms in total. The van der Waals surface area contributed by atoms with E-state index in [1.165, 1.54) is 13.4 Å². The van der Waals surface area contributed by atoms with Gasteiger partial charge < -0.3 is 20.3 Å². The van der Waals surface area contributed by atoms with Crippen LogP contribution >= 0.6 is 0 Å². The summed E-state index contributed by atoms with van der Waals surface area (Å²) < 4.78 is 9.73. The molecule has 3 atom stereocenters. The quantitative estimate of drug-likeness (QED) is 0.507. The molecule has 0 aromatic carbocycles. The first kappa shape index (κ1) is 11.2. The van der Waals surface area contributed by atoms with E-state index >= 15 is 0 Å². The Morgan fingerprint density at radius 2 is 2.50 bits per heavy atom. The first-order valence-corrected chi connectivity index (χ1v) is 5.20. The number of rotatable bonds is 2.